The zero-order chi connectivity index (χ0) is 14.8. The minimum Gasteiger partial charge on any atom is -0.508 e. The molecule has 2 aromatic heterocycles. The van der Waals surface area contributed by atoms with Gasteiger partial charge in [0, 0.05) is 6.54 Å². The molecule has 2 heterocycles. The van der Waals surface area contributed by atoms with Gasteiger partial charge in [-0.15, -0.1) is 11.3 Å². The average Bonchev–Trinajstić information content (AvgIpc) is 2.89. The van der Waals surface area contributed by atoms with Gasteiger partial charge in [-0.3, -0.25) is 0 Å². The van der Waals surface area contributed by atoms with Crippen molar-refractivity contribution in [3.63, 3.8) is 0 Å². The molecular formula is C15H14FN3OS. The van der Waals surface area contributed by atoms with Crippen LogP contribution < -0.4 is 5.32 Å². The van der Waals surface area contributed by atoms with Crippen molar-refractivity contribution in [2.45, 2.75) is 13.3 Å². The van der Waals surface area contributed by atoms with Crippen molar-refractivity contribution in [3.8, 4) is 16.5 Å². The molecule has 0 atom stereocenters. The summed E-state index contributed by atoms with van der Waals surface area (Å²) in [6.07, 6.45) is 0.919. The van der Waals surface area contributed by atoms with Crippen LogP contribution in [0.2, 0.25) is 0 Å². The van der Waals surface area contributed by atoms with E-state index in [1.807, 2.05) is 6.92 Å². The predicted molar refractivity (Wildman–Crippen MR) is 83.3 cm³/mol. The molecule has 0 fully saturated rings. The monoisotopic (exact) mass is 303 g/mol. The van der Waals surface area contributed by atoms with Gasteiger partial charge in [0.05, 0.1) is 15.9 Å². The third-order valence-corrected chi connectivity index (χ3v) is 4.05. The van der Waals surface area contributed by atoms with E-state index in [-0.39, 0.29) is 5.75 Å². The van der Waals surface area contributed by atoms with Crippen LogP contribution in [0.5, 0.6) is 5.75 Å². The van der Waals surface area contributed by atoms with Crippen molar-refractivity contribution in [1.29, 1.82) is 0 Å². The topological polar surface area (TPSA) is 58.0 Å². The van der Waals surface area contributed by atoms with E-state index in [1.165, 1.54) is 11.3 Å². The number of phenols is 1. The number of halogens is 1. The van der Waals surface area contributed by atoms with Gasteiger partial charge in [0.2, 0.25) is 5.95 Å². The number of fused-ring (bicyclic) bond motifs is 1. The van der Waals surface area contributed by atoms with Gasteiger partial charge < -0.3 is 10.4 Å². The number of thiazole rings is 1. The van der Waals surface area contributed by atoms with Crippen LogP contribution >= 0.6 is 11.3 Å². The summed E-state index contributed by atoms with van der Waals surface area (Å²) in [6, 6.07) is 8.38. The number of hydrogen-bond donors (Lipinski definition) is 2. The second kappa shape index (κ2) is 5.65. The van der Waals surface area contributed by atoms with Gasteiger partial charge in [-0.25, -0.2) is 9.97 Å². The van der Waals surface area contributed by atoms with E-state index in [2.05, 4.69) is 15.3 Å². The lowest BCUT2D eigenvalue weighted by Crippen LogP contribution is -2.03. The van der Waals surface area contributed by atoms with E-state index in [0.717, 1.165) is 16.6 Å². The Bertz CT molecular complexity index is 788. The summed E-state index contributed by atoms with van der Waals surface area (Å²) in [5.74, 6) is -0.334. The normalized spacial score (nSPS) is 11.0. The minimum absolute atomic E-state index is 0.191. The summed E-state index contributed by atoms with van der Waals surface area (Å²) < 4.78 is 14.8. The standard InChI is InChI=1S/C15H14FN3OS/c1-2-7-17-11-5-6-12(18-14(11)16)15-19-10-4-3-9(20)8-13(10)21-15/h3-6,8,17,20H,2,7H2,1H3. The van der Waals surface area contributed by atoms with Gasteiger partial charge >= 0.3 is 0 Å². The van der Waals surface area contributed by atoms with Crippen LogP contribution in [0.4, 0.5) is 10.1 Å². The molecule has 1 aromatic carbocycles. The van der Waals surface area contributed by atoms with Crippen molar-refractivity contribution < 1.29 is 9.50 Å². The molecule has 6 heteroatoms. The summed E-state index contributed by atoms with van der Waals surface area (Å²) in [6.45, 7) is 2.72. The molecule has 3 rings (SSSR count). The largest absolute Gasteiger partial charge is 0.508 e. The smallest absolute Gasteiger partial charge is 0.236 e. The Morgan fingerprint density at radius 1 is 1.24 bits per heavy atom. The Labute approximate surface area is 125 Å². The van der Waals surface area contributed by atoms with Crippen molar-refractivity contribution >= 4 is 27.2 Å². The molecule has 0 aliphatic heterocycles. The van der Waals surface area contributed by atoms with Gasteiger partial charge in [-0.1, -0.05) is 6.92 Å². The first-order chi connectivity index (χ1) is 10.2. The summed E-state index contributed by atoms with van der Waals surface area (Å²) in [4.78, 5) is 8.39. The number of nitrogens with one attached hydrogen (secondary N) is 1. The number of anilines is 1. The molecule has 0 aliphatic rings. The highest BCUT2D eigenvalue weighted by Crippen LogP contribution is 2.31. The number of rotatable bonds is 4. The molecule has 0 spiro atoms. The molecule has 108 valence electrons. The van der Waals surface area contributed by atoms with E-state index in [0.29, 0.717) is 22.9 Å². The molecule has 0 saturated carbocycles. The molecule has 0 radical (unpaired) electrons. The summed E-state index contributed by atoms with van der Waals surface area (Å²) in [7, 11) is 0. The Balaban J connectivity index is 1.96. The SMILES string of the molecule is CCCNc1ccc(-c2nc3ccc(O)cc3s2)nc1F. The molecule has 0 saturated heterocycles. The van der Waals surface area contributed by atoms with Crippen LogP contribution in [0.1, 0.15) is 13.3 Å². The molecule has 0 amide bonds. The van der Waals surface area contributed by atoms with Crippen molar-refractivity contribution in [2.75, 3.05) is 11.9 Å². The lowest BCUT2D eigenvalue weighted by atomic mass is 10.3. The first kappa shape index (κ1) is 13.8. The maximum absolute atomic E-state index is 13.9. The predicted octanol–water partition coefficient (Wildman–Crippen LogP) is 4.02. The van der Waals surface area contributed by atoms with Crippen molar-refractivity contribution in [3.05, 3.63) is 36.3 Å². The fourth-order valence-corrected chi connectivity index (χ4v) is 2.94. The van der Waals surface area contributed by atoms with Crippen molar-refractivity contribution in [1.82, 2.24) is 9.97 Å². The van der Waals surface area contributed by atoms with Gasteiger partial charge in [0.15, 0.2) is 0 Å². The highest BCUT2D eigenvalue weighted by molar-refractivity contribution is 7.21. The van der Waals surface area contributed by atoms with Gasteiger partial charge in [0.1, 0.15) is 16.5 Å². The molecule has 2 N–H and O–H groups in total. The first-order valence-electron chi connectivity index (χ1n) is 6.67. The molecule has 0 bridgehead atoms. The number of aromatic nitrogens is 2. The Morgan fingerprint density at radius 3 is 2.86 bits per heavy atom. The number of aromatic hydroxyl groups is 1. The van der Waals surface area contributed by atoms with E-state index >= 15 is 0 Å². The maximum Gasteiger partial charge on any atom is 0.236 e. The summed E-state index contributed by atoms with van der Waals surface area (Å²) >= 11 is 1.38. The fraction of sp³-hybridized carbons (Fsp3) is 0.200. The lowest BCUT2D eigenvalue weighted by Gasteiger charge is -2.05. The third-order valence-electron chi connectivity index (χ3n) is 3.01. The minimum atomic E-state index is -0.525. The van der Waals surface area contributed by atoms with E-state index in [1.54, 1.807) is 30.3 Å². The number of phenolic OH excluding ortho intramolecular Hbond substituents is 1. The molecule has 21 heavy (non-hydrogen) atoms. The third kappa shape index (κ3) is 2.80. The first-order valence-corrected chi connectivity index (χ1v) is 7.49. The van der Waals surface area contributed by atoms with Crippen LogP contribution in [0.15, 0.2) is 30.3 Å². The Kier molecular flexibility index (Phi) is 3.70. The number of nitrogens with zero attached hydrogens (tertiary/aromatic N) is 2. The Hall–Kier alpha value is -2.21. The molecule has 0 aliphatic carbocycles. The average molecular weight is 303 g/mol. The molecule has 0 unspecified atom stereocenters. The Morgan fingerprint density at radius 2 is 2.10 bits per heavy atom. The highest BCUT2D eigenvalue weighted by atomic mass is 32.1. The second-order valence-corrected chi connectivity index (χ2v) is 5.66. The van der Waals surface area contributed by atoms with Gasteiger partial charge in [0.25, 0.3) is 0 Å². The zero-order valence-corrected chi connectivity index (χ0v) is 12.2. The van der Waals surface area contributed by atoms with E-state index in [9.17, 15) is 9.50 Å². The van der Waals surface area contributed by atoms with E-state index < -0.39 is 5.95 Å². The summed E-state index contributed by atoms with van der Waals surface area (Å²) in [5.41, 5.74) is 1.66. The van der Waals surface area contributed by atoms with Crippen LogP contribution in [0.25, 0.3) is 20.9 Å². The van der Waals surface area contributed by atoms with E-state index in [4.69, 9.17) is 0 Å². The van der Waals surface area contributed by atoms with Crippen LogP contribution in [0.3, 0.4) is 0 Å². The van der Waals surface area contributed by atoms with Crippen molar-refractivity contribution in [2.24, 2.45) is 0 Å². The molecular weight excluding hydrogens is 289 g/mol. The maximum atomic E-state index is 13.9. The summed E-state index contributed by atoms with van der Waals surface area (Å²) in [5, 5.41) is 13.1. The fourth-order valence-electron chi connectivity index (χ4n) is 1.97. The van der Waals surface area contributed by atoms with Crippen LogP contribution in [0, 0.1) is 5.95 Å². The molecule has 3 aromatic rings. The quantitative estimate of drug-likeness (QED) is 0.715. The highest BCUT2D eigenvalue weighted by Gasteiger charge is 2.11. The second-order valence-electron chi connectivity index (χ2n) is 4.63. The zero-order valence-electron chi connectivity index (χ0n) is 11.4. The number of benzene rings is 1. The number of pyridine rings is 1. The van der Waals surface area contributed by atoms with Gasteiger partial charge in [-0.2, -0.15) is 4.39 Å². The van der Waals surface area contributed by atoms with Crippen LogP contribution in [-0.4, -0.2) is 21.6 Å². The lowest BCUT2D eigenvalue weighted by molar-refractivity contribution is 0.476. The van der Waals surface area contributed by atoms with Crippen LogP contribution in [-0.2, 0) is 0 Å². The van der Waals surface area contributed by atoms with Gasteiger partial charge in [-0.05, 0) is 36.8 Å². The molecule has 4 nitrogen and oxygen atoms in total. The number of hydrogen-bond acceptors (Lipinski definition) is 5.